The van der Waals surface area contributed by atoms with Gasteiger partial charge < -0.3 is 20.1 Å². The normalized spacial score (nSPS) is 15.3. The first-order valence-electron chi connectivity index (χ1n) is 11.2. The highest BCUT2D eigenvalue weighted by Crippen LogP contribution is 2.30. The molecule has 1 fully saturated rings. The van der Waals surface area contributed by atoms with Gasteiger partial charge in [-0.2, -0.15) is 23.3 Å². The highest BCUT2D eigenvalue weighted by atomic mass is 19.4. The lowest BCUT2D eigenvalue weighted by Gasteiger charge is -2.31. The molecule has 34 heavy (non-hydrogen) atoms. The highest BCUT2D eigenvalue weighted by molar-refractivity contribution is 5.90. The Bertz CT molecular complexity index is 1090. The number of aryl methyl sites for hydroxylation is 1. The van der Waals surface area contributed by atoms with Crippen LogP contribution in [0.5, 0.6) is 0 Å². The van der Waals surface area contributed by atoms with E-state index >= 15 is 0 Å². The number of hydrogen-bond acceptors (Lipinski definition) is 9. The van der Waals surface area contributed by atoms with Crippen LogP contribution in [0, 0.1) is 5.92 Å². The van der Waals surface area contributed by atoms with Crippen molar-refractivity contribution < 1.29 is 23.0 Å². The molecule has 0 bridgehead atoms. The van der Waals surface area contributed by atoms with Crippen LogP contribution in [0.3, 0.4) is 0 Å². The van der Waals surface area contributed by atoms with Gasteiger partial charge in [0.15, 0.2) is 5.82 Å². The Kier molecular flexibility index (Phi) is 7.41. The summed E-state index contributed by atoms with van der Waals surface area (Å²) in [5.74, 6) is 1.69. The molecule has 1 saturated heterocycles. The molecular weight excluding hydrogens is 453 g/mol. The maximum Gasteiger partial charge on any atom is 0.411 e. The number of nitrogens with zero attached hydrogens (tertiary/aromatic N) is 7. The SMILES string of the molecule is CCc1nn(CCOCC(F)(F)F)c2c(Nc3cnccn3)nc(N3CCC(CO)CC3)nc12. The van der Waals surface area contributed by atoms with Gasteiger partial charge in [-0.3, -0.25) is 9.67 Å². The minimum atomic E-state index is -4.39. The molecule has 184 valence electrons. The van der Waals surface area contributed by atoms with Crippen LogP contribution >= 0.6 is 0 Å². The lowest BCUT2D eigenvalue weighted by molar-refractivity contribution is -0.174. The number of aromatic nitrogens is 6. The number of piperidine rings is 1. The van der Waals surface area contributed by atoms with Gasteiger partial charge in [-0.25, -0.2) is 9.97 Å². The van der Waals surface area contributed by atoms with E-state index in [0.717, 1.165) is 12.8 Å². The quantitative estimate of drug-likeness (QED) is 0.446. The summed E-state index contributed by atoms with van der Waals surface area (Å²) in [6.07, 6.45) is 2.51. The minimum absolute atomic E-state index is 0.104. The third-order valence-electron chi connectivity index (χ3n) is 5.66. The number of halogens is 3. The van der Waals surface area contributed by atoms with E-state index in [9.17, 15) is 18.3 Å². The Morgan fingerprint density at radius 2 is 2.00 bits per heavy atom. The average Bonchev–Trinajstić information content (AvgIpc) is 3.20. The van der Waals surface area contributed by atoms with Crippen LogP contribution < -0.4 is 10.2 Å². The van der Waals surface area contributed by atoms with Gasteiger partial charge in [0.05, 0.1) is 25.0 Å². The molecule has 2 N–H and O–H groups in total. The van der Waals surface area contributed by atoms with Crippen LogP contribution in [-0.4, -0.2) is 73.9 Å². The molecule has 0 amide bonds. The summed E-state index contributed by atoms with van der Waals surface area (Å²) >= 11 is 0. The molecule has 13 heteroatoms. The molecule has 4 rings (SSSR count). The number of hydrogen-bond donors (Lipinski definition) is 2. The van der Waals surface area contributed by atoms with Crippen LogP contribution in [0.25, 0.3) is 11.0 Å². The number of aliphatic hydroxyl groups excluding tert-OH is 1. The summed E-state index contributed by atoms with van der Waals surface area (Å²) < 4.78 is 43.7. The summed E-state index contributed by atoms with van der Waals surface area (Å²) in [6.45, 7) is 2.14. The van der Waals surface area contributed by atoms with Crippen molar-refractivity contribution in [2.75, 3.05) is 43.1 Å². The van der Waals surface area contributed by atoms with Crippen molar-refractivity contribution in [1.82, 2.24) is 29.7 Å². The second-order valence-electron chi connectivity index (χ2n) is 8.09. The van der Waals surface area contributed by atoms with E-state index < -0.39 is 12.8 Å². The number of alkyl halides is 3. The highest BCUT2D eigenvalue weighted by Gasteiger charge is 2.28. The Labute approximate surface area is 194 Å². The lowest BCUT2D eigenvalue weighted by Crippen LogP contribution is -2.36. The van der Waals surface area contributed by atoms with Crippen molar-refractivity contribution in [3.05, 3.63) is 24.3 Å². The fourth-order valence-corrected chi connectivity index (χ4v) is 3.90. The minimum Gasteiger partial charge on any atom is -0.396 e. The lowest BCUT2D eigenvalue weighted by atomic mass is 9.98. The summed E-state index contributed by atoms with van der Waals surface area (Å²) in [5.41, 5.74) is 1.90. The first-order chi connectivity index (χ1) is 16.4. The van der Waals surface area contributed by atoms with Crippen LogP contribution in [0.1, 0.15) is 25.5 Å². The van der Waals surface area contributed by atoms with Crippen LogP contribution in [-0.2, 0) is 17.7 Å². The van der Waals surface area contributed by atoms with Gasteiger partial charge >= 0.3 is 6.18 Å². The van der Waals surface area contributed by atoms with Gasteiger partial charge in [-0.05, 0) is 25.2 Å². The number of nitrogens with one attached hydrogen (secondary N) is 1. The Morgan fingerprint density at radius 3 is 2.65 bits per heavy atom. The number of aliphatic hydroxyl groups is 1. The van der Waals surface area contributed by atoms with E-state index in [4.69, 9.17) is 14.7 Å². The van der Waals surface area contributed by atoms with E-state index in [2.05, 4.69) is 25.3 Å². The monoisotopic (exact) mass is 480 g/mol. The van der Waals surface area contributed by atoms with Gasteiger partial charge in [0.25, 0.3) is 0 Å². The molecule has 0 radical (unpaired) electrons. The van der Waals surface area contributed by atoms with Crippen molar-refractivity contribution in [2.24, 2.45) is 5.92 Å². The average molecular weight is 480 g/mol. The fourth-order valence-electron chi connectivity index (χ4n) is 3.90. The summed E-state index contributed by atoms with van der Waals surface area (Å²) in [6, 6.07) is 0. The van der Waals surface area contributed by atoms with Gasteiger partial charge in [-0.1, -0.05) is 6.92 Å². The molecule has 10 nitrogen and oxygen atoms in total. The summed E-state index contributed by atoms with van der Waals surface area (Å²) in [5, 5.41) is 17.2. The third-order valence-corrected chi connectivity index (χ3v) is 5.66. The van der Waals surface area contributed by atoms with Crippen molar-refractivity contribution in [3.63, 3.8) is 0 Å². The van der Waals surface area contributed by atoms with E-state index in [1.54, 1.807) is 23.3 Å². The standard InChI is InChI=1S/C21H27F3N8O2/c1-2-15-17-18(32(30-15)9-10-34-13-21(22,23)24)19(27-16-11-25-5-6-26-16)29-20(28-17)31-7-3-14(12-33)4-8-31/h5-6,11,14,33H,2-4,7-10,12-13H2,1H3,(H,26,27,28,29). The smallest absolute Gasteiger partial charge is 0.396 e. The maximum atomic E-state index is 12.5. The molecule has 0 aromatic carbocycles. The van der Waals surface area contributed by atoms with Crippen molar-refractivity contribution in [2.45, 2.75) is 38.9 Å². The summed E-state index contributed by atoms with van der Waals surface area (Å²) in [7, 11) is 0. The van der Waals surface area contributed by atoms with E-state index in [-0.39, 0.29) is 25.7 Å². The number of anilines is 3. The fraction of sp³-hybridized carbons (Fsp3) is 0.571. The topological polar surface area (TPSA) is 114 Å². The number of rotatable bonds is 9. The third kappa shape index (κ3) is 5.70. The molecule has 0 aliphatic carbocycles. The Morgan fingerprint density at radius 1 is 1.21 bits per heavy atom. The zero-order chi connectivity index (χ0) is 24.1. The number of fused-ring (bicyclic) bond motifs is 1. The predicted octanol–water partition coefficient (Wildman–Crippen LogP) is 2.71. The van der Waals surface area contributed by atoms with Gasteiger partial charge in [0, 0.05) is 32.1 Å². The maximum absolute atomic E-state index is 12.5. The molecule has 1 aliphatic rings. The second kappa shape index (κ2) is 10.5. The largest absolute Gasteiger partial charge is 0.411 e. The first kappa shape index (κ1) is 24.1. The van der Waals surface area contributed by atoms with Gasteiger partial charge in [-0.15, -0.1) is 0 Å². The molecule has 4 heterocycles. The van der Waals surface area contributed by atoms with Crippen LogP contribution in [0.15, 0.2) is 18.6 Å². The van der Waals surface area contributed by atoms with Crippen molar-refractivity contribution >= 4 is 28.6 Å². The first-order valence-corrected chi connectivity index (χ1v) is 11.2. The Balaban J connectivity index is 1.69. The molecule has 3 aromatic heterocycles. The van der Waals surface area contributed by atoms with Crippen LogP contribution in [0.2, 0.25) is 0 Å². The second-order valence-corrected chi connectivity index (χ2v) is 8.09. The van der Waals surface area contributed by atoms with E-state index in [1.807, 2.05) is 6.92 Å². The van der Waals surface area contributed by atoms with Gasteiger partial charge in [0.2, 0.25) is 5.95 Å². The number of ether oxygens (including phenoxy) is 1. The molecule has 0 spiro atoms. The van der Waals surface area contributed by atoms with Crippen molar-refractivity contribution in [1.29, 1.82) is 0 Å². The predicted molar refractivity (Wildman–Crippen MR) is 119 cm³/mol. The van der Waals surface area contributed by atoms with Gasteiger partial charge in [0.1, 0.15) is 23.5 Å². The van der Waals surface area contributed by atoms with Crippen LogP contribution in [0.4, 0.5) is 30.8 Å². The zero-order valence-corrected chi connectivity index (χ0v) is 18.8. The van der Waals surface area contributed by atoms with Crippen molar-refractivity contribution in [3.8, 4) is 0 Å². The molecule has 0 saturated carbocycles. The Hall–Kier alpha value is -3.06. The summed E-state index contributed by atoms with van der Waals surface area (Å²) in [4.78, 5) is 19.9. The van der Waals surface area contributed by atoms with E-state index in [0.29, 0.717) is 53.8 Å². The molecule has 1 aliphatic heterocycles. The molecule has 0 unspecified atom stereocenters. The zero-order valence-electron chi connectivity index (χ0n) is 18.8. The molecule has 3 aromatic rings. The van der Waals surface area contributed by atoms with E-state index in [1.165, 1.54) is 0 Å². The molecular formula is C21H27F3N8O2. The molecule has 0 atom stereocenters.